The summed E-state index contributed by atoms with van der Waals surface area (Å²) in [6, 6.07) is 11.8. The molecule has 126 valence electrons. The van der Waals surface area contributed by atoms with Gasteiger partial charge in [-0.3, -0.25) is 4.79 Å². The molecule has 2 heterocycles. The number of hydrogen-bond donors (Lipinski definition) is 0. The molecule has 0 bridgehead atoms. The van der Waals surface area contributed by atoms with E-state index in [9.17, 15) is 9.18 Å². The summed E-state index contributed by atoms with van der Waals surface area (Å²) in [5.74, 6) is 0.763. The Labute approximate surface area is 145 Å². The summed E-state index contributed by atoms with van der Waals surface area (Å²) in [4.78, 5) is 19.3. The van der Waals surface area contributed by atoms with Gasteiger partial charge in [0.15, 0.2) is 0 Å². The van der Waals surface area contributed by atoms with E-state index in [-0.39, 0.29) is 17.8 Å². The van der Waals surface area contributed by atoms with Crippen molar-refractivity contribution < 1.29 is 13.9 Å². The number of nitrogens with zero attached hydrogens (tertiary/aromatic N) is 2. The molecule has 0 spiro atoms. The summed E-state index contributed by atoms with van der Waals surface area (Å²) >= 11 is 1.42. The number of ether oxygens (including phenoxy) is 1. The molecule has 0 N–H and O–H groups in total. The van der Waals surface area contributed by atoms with Crippen molar-refractivity contribution >= 4 is 17.7 Å². The SMILES string of the molecule is Cc1cccc(OC2CCN(C(=O)CSc3ccc(F)cc3)C2)n1. The van der Waals surface area contributed by atoms with E-state index in [2.05, 4.69) is 4.98 Å². The summed E-state index contributed by atoms with van der Waals surface area (Å²) in [6.45, 7) is 3.20. The maximum absolute atomic E-state index is 12.9. The predicted octanol–water partition coefficient (Wildman–Crippen LogP) is 3.30. The van der Waals surface area contributed by atoms with Gasteiger partial charge in [0.25, 0.3) is 0 Å². The number of pyridine rings is 1. The summed E-state index contributed by atoms with van der Waals surface area (Å²) in [6.07, 6.45) is 0.793. The topological polar surface area (TPSA) is 42.4 Å². The van der Waals surface area contributed by atoms with Gasteiger partial charge in [0.1, 0.15) is 11.9 Å². The largest absolute Gasteiger partial charge is 0.472 e. The average Bonchev–Trinajstić information content (AvgIpc) is 3.03. The van der Waals surface area contributed by atoms with Crippen LogP contribution >= 0.6 is 11.8 Å². The van der Waals surface area contributed by atoms with E-state index in [1.54, 1.807) is 12.1 Å². The Balaban J connectivity index is 1.48. The van der Waals surface area contributed by atoms with Crippen LogP contribution in [0.2, 0.25) is 0 Å². The zero-order chi connectivity index (χ0) is 16.9. The van der Waals surface area contributed by atoms with Gasteiger partial charge in [-0.25, -0.2) is 9.37 Å². The third-order valence-electron chi connectivity index (χ3n) is 3.82. The van der Waals surface area contributed by atoms with Crippen molar-refractivity contribution in [3.63, 3.8) is 0 Å². The van der Waals surface area contributed by atoms with Crippen molar-refractivity contribution in [1.29, 1.82) is 0 Å². The number of amides is 1. The summed E-state index contributed by atoms with van der Waals surface area (Å²) in [5.41, 5.74) is 0.911. The lowest BCUT2D eigenvalue weighted by Crippen LogP contribution is -2.32. The fourth-order valence-electron chi connectivity index (χ4n) is 2.57. The zero-order valence-corrected chi connectivity index (χ0v) is 14.3. The molecule has 1 aliphatic rings. The molecule has 1 aromatic heterocycles. The van der Waals surface area contributed by atoms with Crippen LogP contribution in [-0.2, 0) is 4.79 Å². The quantitative estimate of drug-likeness (QED) is 0.779. The summed E-state index contributed by atoms with van der Waals surface area (Å²) in [5, 5.41) is 0. The van der Waals surface area contributed by atoms with Crippen LogP contribution < -0.4 is 4.74 Å². The molecule has 1 aromatic carbocycles. The van der Waals surface area contributed by atoms with Crippen LogP contribution in [0.15, 0.2) is 47.4 Å². The zero-order valence-electron chi connectivity index (χ0n) is 13.4. The van der Waals surface area contributed by atoms with Gasteiger partial charge in [0, 0.05) is 29.6 Å². The molecule has 1 unspecified atom stereocenters. The monoisotopic (exact) mass is 346 g/mol. The van der Waals surface area contributed by atoms with Crippen LogP contribution in [0, 0.1) is 12.7 Å². The lowest BCUT2D eigenvalue weighted by Gasteiger charge is -2.17. The smallest absolute Gasteiger partial charge is 0.233 e. The molecule has 0 radical (unpaired) electrons. The Morgan fingerprint density at radius 3 is 2.88 bits per heavy atom. The van der Waals surface area contributed by atoms with Crippen molar-refractivity contribution in [3.05, 3.63) is 54.0 Å². The molecular formula is C18H19FN2O2S. The highest BCUT2D eigenvalue weighted by atomic mass is 32.2. The first-order chi connectivity index (χ1) is 11.6. The first kappa shape index (κ1) is 16.8. The highest BCUT2D eigenvalue weighted by Gasteiger charge is 2.27. The number of aromatic nitrogens is 1. The number of hydrogen-bond acceptors (Lipinski definition) is 4. The van der Waals surface area contributed by atoms with Gasteiger partial charge >= 0.3 is 0 Å². The van der Waals surface area contributed by atoms with Gasteiger partial charge in [-0.15, -0.1) is 11.8 Å². The lowest BCUT2D eigenvalue weighted by atomic mass is 10.3. The third-order valence-corrected chi connectivity index (χ3v) is 4.82. The second kappa shape index (κ2) is 7.66. The Hall–Kier alpha value is -2.08. The van der Waals surface area contributed by atoms with Crippen molar-refractivity contribution in [2.45, 2.75) is 24.3 Å². The third kappa shape index (κ3) is 4.47. The number of rotatable bonds is 5. The van der Waals surface area contributed by atoms with Gasteiger partial charge < -0.3 is 9.64 Å². The van der Waals surface area contributed by atoms with Crippen LogP contribution in [0.5, 0.6) is 5.88 Å². The molecule has 1 saturated heterocycles. The van der Waals surface area contributed by atoms with Crippen molar-refractivity contribution in [2.75, 3.05) is 18.8 Å². The molecule has 6 heteroatoms. The second-order valence-electron chi connectivity index (χ2n) is 5.73. The van der Waals surface area contributed by atoms with Crippen molar-refractivity contribution in [3.8, 4) is 5.88 Å². The fourth-order valence-corrected chi connectivity index (χ4v) is 3.37. The number of benzene rings is 1. The molecule has 1 atom stereocenters. The summed E-state index contributed by atoms with van der Waals surface area (Å²) < 4.78 is 18.7. The average molecular weight is 346 g/mol. The molecule has 0 aliphatic carbocycles. The Kier molecular flexibility index (Phi) is 5.35. The minimum absolute atomic E-state index is 0.0147. The van der Waals surface area contributed by atoms with Gasteiger partial charge in [0.05, 0.1) is 12.3 Å². The highest BCUT2D eigenvalue weighted by Crippen LogP contribution is 2.21. The van der Waals surface area contributed by atoms with Gasteiger partial charge in [0.2, 0.25) is 11.8 Å². The predicted molar refractivity (Wildman–Crippen MR) is 91.7 cm³/mol. The van der Waals surface area contributed by atoms with E-state index in [0.717, 1.165) is 17.0 Å². The minimum atomic E-state index is -0.269. The first-order valence-corrected chi connectivity index (χ1v) is 8.85. The molecule has 1 fully saturated rings. The lowest BCUT2D eigenvalue weighted by molar-refractivity contribution is -0.127. The van der Waals surface area contributed by atoms with Gasteiger partial charge in [-0.1, -0.05) is 6.07 Å². The number of halogens is 1. The molecule has 2 aromatic rings. The number of aryl methyl sites for hydroxylation is 1. The van der Waals surface area contributed by atoms with Crippen LogP contribution in [-0.4, -0.2) is 40.7 Å². The van der Waals surface area contributed by atoms with Gasteiger partial charge in [-0.05, 0) is 37.3 Å². The Morgan fingerprint density at radius 1 is 1.33 bits per heavy atom. The Morgan fingerprint density at radius 2 is 2.12 bits per heavy atom. The fraction of sp³-hybridized carbons (Fsp3) is 0.333. The van der Waals surface area contributed by atoms with Crippen LogP contribution in [0.1, 0.15) is 12.1 Å². The maximum Gasteiger partial charge on any atom is 0.233 e. The van der Waals surface area contributed by atoms with Crippen LogP contribution in [0.25, 0.3) is 0 Å². The maximum atomic E-state index is 12.9. The van der Waals surface area contributed by atoms with Gasteiger partial charge in [-0.2, -0.15) is 0 Å². The molecule has 1 amide bonds. The van der Waals surface area contributed by atoms with E-state index < -0.39 is 0 Å². The number of carbonyl (C=O) groups is 1. The standard InChI is InChI=1S/C18H19FN2O2S/c1-13-3-2-4-17(20-13)23-15-9-10-21(11-15)18(22)12-24-16-7-5-14(19)6-8-16/h2-8,15H,9-12H2,1H3. The van der Waals surface area contributed by atoms with Crippen LogP contribution in [0.4, 0.5) is 4.39 Å². The Bertz CT molecular complexity index is 708. The van der Waals surface area contributed by atoms with E-state index in [0.29, 0.717) is 24.7 Å². The van der Waals surface area contributed by atoms with Crippen molar-refractivity contribution in [1.82, 2.24) is 9.88 Å². The van der Waals surface area contributed by atoms with E-state index in [1.165, 1.54) is 23.9 Å². The molecular weight excluding hydrogens is 327 g/mol. The van der Waals surface area contributed by atoms with E-state index in [1.807, 2.05) is 30.0 Å². The number of thioether (sulfide) groups is 1. The number of carbonyl (C=O) groups excluding carboxylic acids is 1. The molecule has 4 nitrogen and oxygen atoms in total. The molecule has 1 aliphatic heterocycles. The molecule has 0 saturated carbocycles. The van der Waals surface area contributed by atoms with E-state index >= 15 is 0 Å². The second-order valence-corrected chi connectivity index (χ2v) is 6.78. The number of likely N-dealkylation sites (tertiary alicyclic amines) is 1. The van der Waals surface area contributed by atoms with Crippen molar-refractivity contribution in [2.24, 2.45) is 0 Å². The molecule has 24 heavy (non-hydrogen) atoms. The minimum Gasteiger partial charge on any atom is -0.472 e. The first-order valence-electron chi connectivity index (χ1n) is 7.86. The molecule has 3 rings (SSSR count). The van der Waals surface area contributed by atoms with E-state index in [4.69, 9.17) is 4.74 Å². The highest BCUT2D eigenvalue weighted by molar-refractivity contribution is 8.00. The normalized spacial score (nSPS) is 17.1. The summed E-state index contributed by atoms with van der Waals surface area (Å²) in [7, 11) is 0. The van der Waals surface area contributed by atoms with Crippen LogP contribution in [0.3, 0.4) is 0 Å².